The summed E-state index contributed by atoms with van der Waals surface area (Å²) in [5.41, 5.74) is 0. The van der Waals surface area contributed by atoms with E-state index in [4.69, 9.17) is 4.74 Å². The molecule has 1 N–H and O–H groups in total. The summed E-state index contributed by atoms with van der Waals surface area (Å²) in [4.78, 5) is 0. The van der Waals surface area contributed by atoms with Gasteiger partial charge in [0, 0.05) is 19.1 Å². The smallest absolute Gasteiger partial charge is 0.279 e. The zero-order valence-corrected chi connectivity index (χ0v) is 9.51. The highest BCUT2D eigenvalue weighted by molar-refractivity contribution is 7.87. The van der Waals surface area contributed by atoms with Crippen LogP contribution in [-0.4, -0.2) is 45.1 Å². The van der Waals surface area contributed by atoms with Gasteiger partial charge in [-0.15, -0.1) is 0 Å². The van der Waals surface area contributed by atoms with Gasteiger partial charge in [-0.1, -0.05) is 6.92 Å². The Kier molecular flexibility index (Phi) is 4.31. The van der Waals surface area contributed by atoms with Crippen molar-refractivity contribution in [2.24, 2.45) is 0 Å². The van der Waals surface area contributed by atoms with E-state index >= 15 is 0 Å². The lowest BCUT2D eigenvalue weighted by atomic mass is 10.3. The molecular weight excluding hydrogens is 204 g/mol. The molecule has 1 rings (SSSR count). The van der Waals surface area contributed by atoms with E-state index in [-0.39, 0.29) is 6.04 Å². The van der Waals surface area contributed by atoms with Gasteiger partial charge in [-0.05, 0) is 13.3 Å². The third-order valence-electron chi connectivity index (χ3n) is 2.27. The fourth-order valence-electron chi connectivity index (χ4n) is 1.20. The monoisotopic (exact) mass is 222 g/mol. The van der Waals surface area contributed by atoms with E-state index in [0.717, 1.165) is 6.42 Å². The van der Waals surface area contributed by atoms with Crippen LogP contribution in [0.1, 0.15) is 20.3 Å². The summed E-state index contributed by atoms with van der Waals surface area (Å²) in [7, 11) is -3.29. The molecule has 0 aromatic carbocycles. The summed E-state index contributed by atoms with van der Waals surface area (Å²) in [5.74, 6) is 0. The maximum Gasteiger partial charge on any atom is 0.279 e. The van der Waals surface area contributed by atoms with Crippen LogP contribution in [0.5, 0.6) is 0 Å². The normalized spacial score (nSPS) is 22.1. The van der Waals surface area contributed by atoms with Crippen LogP contribution in [0.15, 0.2) is 0 Å². The number of nitrogens with zero attached hydrogens (tertiary/aromatic N) is 1. The standard InChI is InChI=1S/C8H18N2O3S/c1-3-8(2)9-14(11,12)10-4-6-13-7-5-10/h8-9H,3-7H2,1-2H3/t8-/m1/s1. The number of rotatable bonds is 4. The highest BCUT2D eigenvalue weighted by Crippen LogP contribution is 2.04. The highest BCUT2D eigenvalue weighted by Gasteiger charge is 2.24. The predicted octanol–water partition coefficient (Wildman–Crippen LogP) is -0.0485. The van der Waals surface area contributed by atoms with Crippen LogP contribution < -0.4 is 4.72 Å². The Hall–Kier alpha value is -0.170. The Balaban J connectivity index is 2.54. The summed E-state index contributed by atoms with van der Waals surface area (Å²) >= 11 is 0. The molecule has 0 spiro atoms. The van der Waals surface area contributed by atoms with E-state index in [9.17, 15) is 8.42 Å². The van der Waals surface area contributed by atoms with Crippen molar-refractivity contribution in [1.29, 1.82) is 0 Å². The van der Waals surface area contributed by atoms with Crippen molar-refractivity contribution < 1.29 is 13.2 Å². The third kappa shape index (κ3) is 3.20. The van der Waals surface area contributed by atoms with Crippen molar-refractivity contribution in [3.63, 3.8) is 0 Å². The average molecular weight is 222 g/mol. The molecule has 1 fully saturated rings. The van der Waals surface area contributed by atoms with Gasteiger partial charge in [-0.2, -0.15) is 17.4 Å². The summed E-state index contributed by atoms with van der Waals surface area (Å²) < 4.78 is 32.6. The van der Waals surface area contributed by atoms with Crippen LogP contribution in [0.3, 0.4) is 0 Å². The van der Waals surface area contributed by atoms with Gasteiger partial charge >= 0.3 is 0 Å². The van der Waals surface area contributed by atoms with Crippen LogP contribution in [-0.2, 0) is 14.9 Å². The van der Waals surface area contributed by atoms with Gasteiger partial charge in [0.15, 0.2) is 0 Å². The predicted molar refractivity (Wildman–Crippen MR) is 54.2 cm³/mol. The zero-order valence-electron chi connectivity index (χ0n) is 8.69. The van der Waals surface area contributed by atoms with E-state index < -0.39 is 10.2 Å². The molecule has 1 saturated heterocycles. The molecule has 0 aliphatic carbocycles. The van der Waals surface area contributed by atoms with Crippen molar-refractivity contribution in [1.82, 2.24) is 9.03 Å². The Bertz CT molecular complexity index is 260. The molecule has 0 saturated carbocycles. The Morgan fingerprint density at radius 1 is 1.43 bits per heavy atom. The Labute approximate surface area is 85.6 Å². The molecule has 0 amide bonds. The van der Waals surface area contributed by atoms with E-state index in [0.29, 0.717) is 26.3 Å². The number of nitrogens with one attached hydrogen (secondary N) is 1. The van der Waals surface area contributed by atoms with Crippen molar-refractivity contribution in [3.05, 3.63) is 0 Å². The minimum absolute atomic E-state index is 0.0113. The minimum atomic E-state index is -3.29. The third-order valence-corrected chi connectivity index (χ3v) is 4.02. The first-order valence-corrected chi connectivity index (χ1v) is 6.35. The van der Waals surface area contributed by atoms with E-state index in [2.05, 4.69) is 4.72 Å². The fourth-order valence-corrected chi connectivity index (χ4v) is 2.65. The lowest BCUT2D eigenvalue weighted by molar-refractivity contribution is 0.0723. The van der Waals surface area contributed by atoms with Crippen molar-refractivity contribution >= 4 is 10.2 Å². The number of morpholine rings is 1. The zero-order chi connectivity index (χ0) is 10.6. The average Bonchev–Trinajstić information content (AvgIpc) is 2.18. The number of ether oxygens (including phenoxy) is 1. The molecule has 0 bridgehead atoms. The first-order valence-electron chi connectivity index (χ1n) is 4.91. The van der Waals surface area contributed by atoms with E-state index in [1.807, 2.05) is 13.8 Å². The highest BCUT2D eigenvalue weighted by atomic mass is 32.2. The van der Waals surface area contributed by atoms with Gasteiger partial charge in [-0.25, -0.2) is 0 Å². The van der Waals surface area contributed by atoms with Crippen molar-refractivity contribution in [2.75, 3.05) is 26.3 Å². The second-order valence-corrected chi connectivity index (χ2v) is 5.15. The van der Waals surface area contributed by atoms with Gasteiger partial charge in [0.05, 0.1) is 13.2 Å². The van der Waals surface area contributed by atoms with Crippen LogP contribution in [0.2, 0.25) is 0 Å². The first-order chi connectivity index (χ1) is 6.56. The van der Waals surface area contributed by atoms with Gasteiger partial charge in [0.1, 0.15) is 0 Å². The fraction of sp³-hybridized carbons (Fsp3) is 1.00. The second kappa shape index (κ2) is 5.06. The van der Waals surface area contributed by atoms with Crippen LogP contribution >= 0.6 is 0 Å². The topological polar surface area (TPSA) is 58.6 Å². The molecule has 0 aromatic heterocycles. The van der Waals surface area contributed by atoms with Gasteiger partial charge in [0.2, 0.25) is 0 Å². The Morgan fingerprint density at radius 3 is 2.50 bits per heavy atom. The summed E-state index contributed by atoms with van der Waals surface area (Å²) in [6.07, 6.45) is 0.795. The molecular formula is C8H18N2O3S. The second-order valence-electron chi connectivity index (χ2n) is 3.44. The van der Waals surface area contributed by atoms with Crippen molar-refractivity contribution in [3.8, 4) is 0 Å². The molecule has 1 aliphatic rings. The molecule has 0 radical (unpaired) electrons. The maximum absolute atomic E-state index is 11.7. The lowest BCUT2D eigenvalue weighted by Crippen LogP contribution is -2.48. The molecule has 1 aliphatic heterocycles. The van der Waals surface area contributed by atoms with E-state index in [1.54, 1.807) is 0 Å². The molecule has 14 heavy (non-hydrogen) atoms. The largest absolute Gasteiger partial charge is 0.379 e. The Morgan fingerprint density at radius 2 is 2.00 bits per heavy atom. The molecule has 6 heteroatoms. The quantitative estimate of drug-likeness (QED) is 0.725. The number of hydrogen-bond acceptors (Lipinski definition) is 3. The minimum Gasteiger partial charge on any atom is -0.379 e. The summed E-state index contributed by atoms with van der Waals surface area (Å²) in [6, 6.07) is -0.0113. The first kappa shape index (κ1) is 11.9. The lowest BCUT2D eigenvalue weighted by Gasteiger charge is -2.27. The molecule has 5 nitrogen and oxygen atoms in total. The number of hydrogen-bond donors (Lipinski definition) is 1. The molecule has 84 valence electrons. The van der Waals surface area contributed by atoms with Gasteiger partial charge in [0.25, 0.3) is 10.2 Å². The molecule has 0 aromatic rings. The van der Waals surface area contributed by atoms with Gasteiger partial charge in [-0.3, -0.25) is 0 Å². The molecule has 1 heterocycles. The van der Waals surface area contributed by atoms with Crippen LogP contribution in [0.25, 0.3) is 0 Å². The summed E-state index contributed by atoms with van der Waals surface area (Å²) in [6.45, 7) is 5.69. The van der Waals surface area contributed by atoms with Crippen LogP contribution in [0, 0.1) is 0 Å². The van der Waals surface area contributed by atoms with Crippen LogP contribution in [0.4, 0.5) is 0 Å². The summed E-state index contributed by atoms with van der Waals surface area (Å²) in [5, 5.41) is 0. The maximum atomic E-state index is 11.7. The van der Waals surface area contributed by atoms with E-state index in [1.165, 1.54) is 4.31 Å². The SMILES string of the molecule is CC[C@@H](C)NS(=O)(=O)N1CCOCC1. The molecule has 0 unspecified atom stereocenters. The molecule has 1 atom stereocenters. The van der Waals surface area contributed by atoms with Gasteiger partial charge < -0.3 is 4.74 Å². The van der Waals surface area contributed by atoms with Crippen molar-refractivity contribution in [2.45, 2.75) is 26.3 Å².